The van der Waals surface area contributed by atoms with Crippen LogP contribution in [0.4, 0.5) is 23.5 Å². The van der Waals surface area contributed by atoms with Crippen molar-refractivity contribution in [3.63, 3.8) is 0 Å². The maximum Gasteiger partial charge on any atom is 0.314 e. The number of hydrogen-bond donors (Lipinski definition) is 1. The van der Waals surface area contributed by atoms with E-state index >= 15 is 0 Å². The Morgan fingerprint density at radius 1 is 1.14 bits per heavy atom. The Hall–Kier alpha value is -3.08. The molecular weight excluding hydrogens is 382 g/mol. The van der Waals surface area contributed by atoms with Crippen molar-refractivity contribution < 1.29 is 26.7 Å². The molecule has 3 aromatic rings. The average molecular weight is 397 g/mol. The number of aromatic nitrogens is 4. The highest BCUT2D eigenvalue weighted by Gasteiger charge is 2.19. The highest BCUT2D eigenvalue weighted by Crippen LogP contribution is 2.24. The molecule has 0 saturated heterocycles. The van der Waals surface area contributed by atoms with Crippen LogP contribution in [0.1, 0.15) is 30.8 Å². The largest absolute Gasteiger partial charge is 0.415 e. The fourth-order valence-corrected chi connectivity index (χ4v) is 2.34. The highest BCUT2D eigenvalue weighted by molar-refractivity contribution is 5.50. The number of nitrogens with one attached hydrogen (secondary N) is 1. The molecule has 2 aromatic heterocycles. The SMILES string of the molecule is CCOCC(Nc1ncc(-c2nnc(C(F)F)o2)cn1)c1ccc(F)cc1F. The smallest absolute Gasteiger partial charge is 0.314 e. The fraction of sp³-hybridized carbons (Fsp3) is 0.294. The molecule has 0 saturated carbocycles. The molecule has 0 aliphatic heterocycles. The second-order valence-electron chi connectivity index (χ2n) is 5.56. The molecule has 0 spiro atoms. The van der Waals surface area contributed by atoms with Crippen LogP contribution in [0, 0.1) is 11.6 Å². The van der Waals surface area contributed by atoms with Gasteiger partial charge in [-0.2, -0.15) is 8.78 Å². The normalized spacial score (nSPS) is 12.4. The number of ether oxygens (including phenoxy) is 1. The Labute approximate surface area is 156 Å². The van der Waals surface area contributed by atoms with E-state index in [0.717, 1.165) is 12.1 Å². The Bertz CT molecular complexity index is 920. The molecule has 148 valence electrons. The number of rotatable bonds is 8. The molecule has 7 nitrogen and oxygen atoms in total. The molecule has 28 heavy (non-hydrogen) atoms. The van der Waals surface area contributed by atoms with E-state index in [0.29, 0.717) is 6.61 Å². The molecule has 0 amide bonds. The van der Waals surface area contributed by atoms with E-state index in [1.54, 1.807) is 6.92 Å². The first kappa shape index (κ1) is 19.7. The first-order valence-electron chi connectivity index (χ1n) is 8.21. The van der Waals surface area contributed by atoms with Crippen molar-refractivity contribution in [3.05, 3.63) is 53.7 Å². The molecule has 3 rings (SSSR count). The maximum atomic E-state index is 14.1. The van der Waals surface area contributed by atoms with Gasteiger partial charge < -0.3 is 14.5 Å². The van der Waals surface area contributed by atoms with Crippen LogP contribution in [-0.4, -0.2) is 33.4 Å². The third-order valence-corrected chi connectivity index (χ3v) is 3.66. The quantitative estimate of drug-likeness (QED) is 0.577. The minimum absolute atomic E-state index is 0.0889. The number of alkyl halides is 2. The number of benzene rings is 1. The van der Waals surface area contributed by atoms with Crippen LogP contribution >= 0.6 is 0 Å². The van der Waals surface area contributed by atoms with Crippen LogP contribution in [0.2, 0.25) is 0 Å². The summed E-state index contributed by atoms with van der Waals surface area (Å²) in [6.07, 6.45) is -0.304. The molecule has 0 fully saturated rings. The van der Waals surface area contributed by atoms with Crippen molar-refractivity contribution in [3.8, 4) is 11.5 Å². The standard InChI is InChI=1S/C17H15F4N5O2/c1-2-27-8-13(11-4-3-10(18)5-12(11)19)24-17-22-6-9(7-23-17)15-25-26-16(28-15)14(20)21/h3-7,13-14H,2,8H2,1H3,(H,22,23,24). The molecule has 0 aliphatic carbocycles. The molecule has 11 heteroatoms. The summed E-state index contributed by atoms with van der Waals surface area (Å²) in [7, 11) is 0. The summed E-state index contributed by atoms with van der Waals surface area (Å²) < 4.78 is 62.5. The van der Waals surface area contributed by atoms with Gasteiger partial charge in [-0.1, -0.05) is 6.07 Å². The zero-order valence-electron chi connectivity index (χ0n) is 14.6. The van der Waals surface area contributed by atoms with Gasteiger partial charge in [0.15, 0.2) is 0 Å². The second kappa shape index (κ2) is 8.74. The Morgan fingerprint density at radius 3 is 2.50 bits per heavy atom. The summed E-state index contributed by atoms with van der Waals surface area (Å²) >= 11 is 0. The van der Waals surface area contributed by atoms with Crippen molar-refractivity contribution >= 4 is 5.95 Å². The number of hydrogen-bond acceptors (Lipinski definition) is 7. The molecule has 0 aliphatic rings. The first-order chi connectivity index (χ1) is 13.5. The summed E-state index contributed by atoms with van der Waals surface area (Å²) in [6.45, 7) is 2.26. The summed E-state index contributed by atoms with van der Waals surface area (Å²) in [6, 6.07) is 2.54. The number of anilines is 1. The summed E-state index contributed by atoms with van der Waals surface area (Å²) in [4.78, 5) is 8.08. The van der Waals surface area contributed by atoms with Gasteiger partial charge in [-0.3, -0.25) is 0 Å². The van der Waals surface area contributed by atoms with Crippen molar-refractivity contribution in [2.75, 3.05) is 18.5 Å². The summed E-state index contributed by atoms with van der Waals surface area (Å²) in [5.74, 6) is -2.28. The second-order valence-corrected chi connectivity index (χ2v) is 5.56. The van der Waals surface area contributed by atoms with Crippen molar-refractivity contribution in [2.45, 2.75) is 19.4 Å². The number of nitrogens with zero attached hydrogens (tertiary/aromatic N) is 4. The van der Waals surface area contributed by atoms with Crippen molar-refractivity contribution in [1.29, 1.82) is 0 Å². The predicted octanol–water partition coefficient (Wildman–Crippen LogP) is 3.93. The van der Waals surface area contributed by atoms with E-state index in [-0.39, 0.29) is 29.6 Å². The van der Waals surface area contributed by atoms with E-state index in [1.165, 1.54) is 18.5 Å². The van der Waals surface area contributed by atoms with Crippen LogP contribution < -0.4 is 5.32 Å². The maximum absolute atomic E-state index is 14.1. The first-order valence-corrected chi connectivity index (χ1v) is 8.21. The summed E-state index contributed by atoms with van der Waals surface area (Å²) in [5.41, 5.74) is 0.417. The Morgan fingerprint density at radius 2 is 1.89 bits per heavy atom. The average Bonchev–Trinajstić information content (AvgIpc) is 3.16. The molecule has 1 unspecified atom stereocenters. The van der Waals surface area contributed by atoms with Crippen LogP contribution in [0.25, 0.3) is 11.5 Å². The van der Waals surface area contributed by atoms with Gasteiger partial charge in [-0.15, -0.1) is 10.2 Å². The minimum Gasteiger partial charge on any atom is -0.415 e. The van der Waals surface area contributed by atoms with Crippen LogP contribution in [0.5, 0.6) is 0 Å². The number of halogens is 4. The van der Waals surface area contributed by atoms with E-state index in [9.17, 15) is 17.6 Å². The van der Waals surface area contributed by atoms with Gasteiger partial charge in [0.25, 0.3) is 11.8 Å². The van der Waals surface area contributed by atoms with Crippen LogP contribution in [0.3, 0.4) is 0 Å². The zero-order chi connectivity index (χ0) is 20.1. The lowest BCUT2D eigenvalue weighted by molar-refractivity contribution is 0.116. The molecule has 0 bridgehead atoms. The summed E-state index contributed by atoms with van der Waals surface area (Å²) in [5, 5.41) is 9.63. The Balaban J connectivity index is 1.78. The Kier molecular flexibility index (Phi) is 6.14. The zero-order valence-corrected chi connectivity index (χ0v) is 14.6. The molecular formula is C17H15F4N5O2. The van der Waals surface area contributed by atoms with Crippen LogP contribution in [-0.2, 0) is 4.74 Å². The van der Waals surface area contributed by atoms with E-state index in [1.807, 2.05) is 0 Å². The monoisotopic (exact) mass is 397 g/mol. The topological polar surface area (TPSA) is 86.0 Å². The van der Waals surface area contributed by atoms with E-state index in [4.69, 9.17) is 9.15 Å². The van der Waals surface area contributed by atoms with Crippen LogP contribution in [0.15, 0.2) is 35.0 Å². The van der Waals surface area contributed by atoms with Gasteiger partial charge in [0, 0.05) is 30.6 Å². The minimum atomic E-state index is -2.88. The lowest BCUT2D eigenvalue weighted by Crippen LogP contribution is -2.20. The lowest BCUT2D eigenvalue weighted by Gasteiger charge is -2.19. The lowest BCUT2D eigenvalue weighted by atomic mass is 10.1. The van der Waals surface area contributed by atoms with Gasteiger partial charge >= 0.3 is 6.43 Å². The van der Waals surface area contributed by atoms with Gasteiger partial charge in [0.2, 0.25) is 5.95 Å². The van der Waals surface area contributed by atoms with Gasteiger partial charge in [0.05, 0.1) is 18.2 Å². The van der Waals surface area contributed by atoms with Gasteiger partial charge in [-0.25, -0.2) is 18.7 Å². The van der Waals surface area contributed by atoms with Crippen molar-refractivity contribution in [2.24, 2.45) is 0 Å². The van der Waals surface area contributed by atoms with Gasteiger partial charge in [0.1, 0.15) is 11.6 Å². The highest BCUT2D eigenvalue weighted by atomic mass is 19.3. The fourth-order valence-electron chi connectivity index (χ4n) is 2.34. The molecule has 1 atom stereocenters. The van der Waals surface area contributed by atoms with E-state index < -0.39 is 30.0 Å². The third-order valence-electron chi connectivity index (χ3n) is 3.66. The third kappa shape index (κ3) is 4.60. The molecule has 0 radical (unpaired) electrons. The van der Waals surface area contributed by atoms with Crippen molar-refractivity contribution in [1.82, 2.24) is 20.2 Å². The predicted molar refractivity (Wildman–Crippen MR) is 89.5 cm³/mol. The van der Waals surface area contributed by atoms with E-state index in [2.05, 4.69) is 25.5 Å². The van der Waals surface area contributed by atoms with Gasteiger partial charge in [-0.05, 0) is 13.0 Å². The molecule has 2 heterocycles. The molecule has 1 N–H and O–H groups in total. The molecule has 1 aromatic carbocycles.